The second-order valence-corrected chi connectivity index (χ2v) is 7.93. The van der Waals surface area contributed by atoms with Gasteiger partial charge in [-0.1, -0.05) is 6.07 Å². The van der Waals surface area contributed by atoms with Crippen molar-refractivity contribution in [2.45, 2.75) is 25.8 Å². The van der Waals surface area contributed by atoms with Crippen LogP contribution in [0.4, 0.5) is 5.69 Å². The minimum atomic E-state index is -0.183. The van der Waals surface area contributed by atoms with Gasteiger partial charge in [-0.25, -0.2) is 0 Å². The van der Waals surface area contributed by atoms with Crippen LogP contribution in [0.2, 0.25) is 0 Å². The molecule has 0 radical (unpaired) electrons. The molecular formula is C23H23N7O. The minimum Gasteiger partial charge on any atom is -0.321 e. The Balaban J connectivity index is 1.33. The molecule has 1 aliphatic rings. The maximum Gasteiger partial charge on any atom is 0.257 e. The molecule has 0 aromatic carbocycles. The molecule has 4 aromatic rings. The van der Waals surface area contributed by atoms with Crippen molar-refractivity contribution >= 4 is 17.2 Å². The summed E-state index contributed by atoms with van der Waals surface area (Å²) in [5, 5.41) is 11.7. The number of carbonyl (C=O) groups excluding carboxylic acids is 1. The summed E-state index contributed by atoms with van der Waals surface area (Å²) in [7, 11) is 0. The molecular weight excluding hydrogens is 390 g/mol. The number of likely N-dealkylation sites (tertiary alicyclic amines) is 1. The Morgan fingerprint density at radius 2 is 2.10 bits per heavy atom. The highest BCUT2D eigenvalue weighted by atomic mass is 16.1. The highest BCUT2D eigenvalue weighted by Crippen LogP contribution is 2.27. The molecule has 0 bridgehead atoms. The Morgan fingerprint density at radius 3 is 2.90 bits per heavy atom. The van der Waals surface area contributed by atoms with Gasteiger partial charge in [-0.15, -0.1) is 10.2 Å². The number of carbonyl (C=O) groups is 1. The first-order chi connectivity index (χ1) is 15.2. The lowest BCUT2D eigenvalue weighted by atomic mass is 10.1. The lowest BCUT2D eigenvalue weighted by molar-refractivity contribution is 0.102. The second-order valence-electron chi connectivity index (χ2n) is 7.93. The number of nitrogens with zero attached hydrogens (tertiary/aromatic N) is 6. The first kappa shape index (κ1) is 19.3. The van der Waals surface area contributed by atoms with Crippen molar-refractivity contribution in [1.82, 2.24) is 29.5 Å². The number of aryl methyl sites for hydroxylation is 1. The number of anilines is 1. The van der Waals surface area contributed by atoms with E-state index >= 15 is 0 Å². The van der Waals surface area contributed by atoms with Crippen molar-refractivity contribution in [2.75, 3.05) is 18.4 Å². The van der Waals surface area contributed by atoms with Crippen LogP contribution >= 0.6 is 0 Å². The number of hydrogen-bond acceptors (Lipinski definition) is 6. The van der Waals surface area contributed by atoms with Crippen molar-refractivity contribution in [1.29, 1.82) is 0 Å². The predicted octanol–water partition coefficient (Wildman–Crippen LogP) is 3.07. The molecule has 5 heterocycles. The maximum atomic E-state index is 12.7. The first-order valence-electron chi connectivity index (χ1n) is 10.4. The molecule has 1 N–H and O–H groups in total. The Morgan fingerprint density at radius 1 is 1.16 bits per heavy atom. The maximum absolute atomic E-state index is 12.7. The van der Waals surface area contributed by atoms with E-state index in [1.807, 2.05) is 48.0 Å². The molecule has 1 fully saturated rings. The van der Waals surface area contributed by atoms with Gasteiger partial charge in [0.05, 0.1) is 17.4 Å². The van der Waals surface area contributed by atoms with E-state index in [-0.39, 0.29) is 11.8 Å². The smallest absolute Gasteiger partial charge is 0.257 e. The molecule has 156 valence electrons. The lowest BCUT2D eigenvalue weighted by Crippen LogP contribution is -2.20. The highest BCUT2D eigenvalue weighted by Gasteiger charge is 2.28. The number of aromatic nitrogens is 5. The zero-order valence-electron chi connectivity index (χ0n) is 17.3. The van der Waals surface area contributed by atoms with Crippen LogP contribution in [0.25, 0.3) is 5.65 Å². The molecule has 0 spiro atoms. The number of rotatable bonds is 5. The summed E-state index contributed by atoms with van der Waals surface area (Å²) in [6, 6.07) is 11.4. The molecule has 0 aliphatic carbocycles. The summed E-state index contributed by atoms with van der Waals surface area (Å²) >= 11 is 0. The van der Waals surface area contributed by atoms with E-state index in [2.05, 4.69) is 36.4 Å². The van der Waals surface area contributed by atoms with Gasteiger partial charge in [-0.3, -0.25) is 24.1 Å². The van der Waals surface area contributed by atoms with Crippen LogP contribution in [0.5, 0.6) is 0 Å². The standard InChI is InChI=1S/C23H23N7O/c1-16-4-6-20(12-25-16)26-23(31)19-5-7-21-27-28-22(30(21)15-19)18-8-10-29(14-18)13-17-3-2-9-24-11-17/h2-7,9,11-12,15,18H,8,10,13-14H2,1H3,(H,26,31)/t18-/m1/s1. The van der Waals surface area contributed by atoms with Crippen LogP contribution in [-0.4, -0.2) is 48.5 Å². The van der Waals surface area contributed by atoms with Gasteiger partial charge < -0.3 is 5.32 Å². The van der Waals surface area contributed by atoms with E-state index in [0.29, 0.717) is 11.3 Å². The monoisotopic (exact) mass is 413 g/mol. The Labute approximate surface area is 180 Å². The van der Waals surface area contributed by atoms with Crippen molar-refractivity contribution in [2.24, 2.45) is 0 Å². The molecule has 4 aromatic heterocycles. The number of nitrogens with one attached hydrogen (secondary N) is 1. The van der Waals surface area contributed by atoms with E-state index in [0.717, 1.165) is 43.2 Å². The Bertz CT molecular complexity index is 1200. The molecule has 5 rings (SSSR count). The van der Waals surface area contributed by atoms with Crippen molar-refractivity contribution < 1.29 is 4.79 Å². The van der Waals surface area contributed by atoms with Gasteiger partial charge in [-0.2, -0.15) is 0 Å². The van der Waals surface area contributed by atoms with Gasteiger partial charge in [0.15, 0.2) is 5.65 Å². The third kappa shape index (κ3) is 4.15. The van der Waals surface area contributed by atoms with E-state index in [4.69, 9.17) is 0 Å². The van der Waals surface area contributed by atoms with Crippen molar-refractivity contribution in [3.63, 3.8) is 0 Å². The number of hydrogen-bond donors (Lipinski definition) is 1. The fourth-order valence-corrected chi connectivity index (χ4v) is 4.00. The van der Waals surface area contributed by atoms with Gasteiger partial charge in [-0.05, 0) is 55.8 Å². The van der Waals surface area contributed by atoms with Gasteiger partial charge in [0.2, 0.25) is 0 Å². The third-order valence-corrected chi connectivity index (χ3v) is 5.63. The summed E-state index contributed by atoms with van der Waals surface area (Å²) in [5.74, 6) is 0.985. The molecule has 8 heteroatoms. The molecule has 1 saturated heterocycles. The highest BCUT2D eigenvalue weighted by molar-refractivity contribution is 6.04. The second kappa shape index (κ2) is 8.23. The van der Waals surface area contributed by atoms with E-state index in [1.54, 1.807) is 18.5 Å². The van der Waals surface area contributed by atoms with Crippen LogP contribution < -0.4 is 5.32 Å². The molecule has 1 aliphatic heterocycles. The Kier molecular flexibility index (Phi) is 5.13. The van der Waals surface area contributed by atoms with Crippen LogP contribution in [-0.2, 0) is 6.54 Å². The predicted molar refractivity (Wildman–Crippen MR) is 117 cm³/mol. The van der Waals surface area contributed by atoms with Gasteiger partial charge in [0.1, 0.15) is 5.82 Å². The zero-order valence-corrected chi connectivity index (χ0v) is 17.3. The lowest BCUT2D eigenvalue weighted by Gasteiger charge is -2.15. The van der Waals surface area contributed by atoms with Crippen LogP contribution in [0.15, 0.2) is 61.2 Å². The fraction of sp³-hybridized carbons (Fsp3) is 0.261. The summed E-state index contributed by atoms with van der Waals surface area (Å²) in [6.07, 6.45) is 8.19. The number of fused-ring (bicyclic) bond motifs is 1. The quantitative estimate of drug-likeness (QED) is 0.541. The largest absolute Gasteiger partial charge is 0.321 e. The zero-order chi connectivity index (χ0) is 21.2. The van der Waals surface area contributed by atoms with Crippen LogP contribution in [0.3, 0.4) is 0 Å². The molecule has 1 atom stereocenters. The number of amides is 1. The van der Waals surface area contributed by atoms with Crippen molar-refractivity contribution in [3.05, 3.63) is 83.8 Å². The van der Waals surface area contributed by atoms with Gasteiger partial charge in [0.25, 0.3) is 5.91 Å². The van der Waals surface area contributed by atoms with Crippen molar-refractivity contribution in [3.8, 4) is 0 Å². The number of pyridine rings is 3. The van der Waals surface area contributed by atoms with E-state index < -0.39 is 0 Å². The molecule has 0 saturated carbocycles. The summed E-state index contributed by atoms with van der Waals surface area (Å²) in [6.45, 7) is 4.68. The first-order valence-corrected chi connectivity index (χ1v) is 10.4. The average Bonchev–Trinajstić information content (AvgIpc) is 3.42. The molecule has 8 nitrogen and oxygen atoms in total. The molecule has 0 unspecified atom stereocenters. The molecule has 1 amide bonds. The third-order valence-electron chi connectivity index (χ3n) is 5.63. The topological polar surface area (TPSA) is 88.3 Å². The summed E-state index contributed by atoms with van der Waals surface area (Å²) in [5.41, 5.74) is 4.08. The van der Waals surface area contributed by atoms with E-state index in [1.165, 1.54) is 5.56 Å². The average molecular weight is 413 g/mol. The van der Waals surface area contributed by atoms with Crippen LogP contribution in [0.1, 0.15) is 39.8 Å². The summed E-state index contributed by atoms with van der Waals surface area (Å²) < 4.78 is 1.94. The van der Waals surface area contributed by atoms with E-state index in [9.17, 15) is 4.79 Å². The SMILES string of the molecule is Cc1ccc(NC(=O)c2ccc3nnc([C@@H]4CCN(Cc5cccnc5)C4)n3c2)cn1. The normalized spacial score (nSPS) is 16.6. The van der Waals surface area contributed by atoms with Crippen LogP contribution in [0, 0.1) is 6.92 Å². The van der Waals surface area contributed by atoms with Gasteiger partial charge in [0, 0.05) is 43.3 Å². The molecule has 31 heavy (non-hydrogen) atoms. The Hall–Kier alpha value is -3.65. The summed E-state index contributed by atoms with van der Waals surface area (Å²) in [4.78, 5) is 23.6. The fourth-order valence-electron chi connectivity index (χ4n) is 4.00. The van der Waals surface area contributed by atoms with Gasteiger partial charge >= 0.3 is 0 Å². The minimum absolute atomic E-state index is 0.183.